The summed E-state index contributed by atoms with van der Waals surface area (Å²) in [6, 6.07) is 8.24. The summed E-state index contributed by atoms with van der Waals surface area (Å²) in [6.07, 6.45) is 1.93. The van der Waals surface area contributed by atoms with Crippen molar-refractivity contribution in [3.63, 3.8) is 0 Å². The van der Waals surface area contributed by atoms with Gasteiger partial charge in [0.15, 0.2) is 0 Å². The minimum absolute atomic E-state index is 0.506. The topological polar surface area (TPSA) is 41.8 Å². The Bertz CT molecular complexity index is 440. The van der Waals surface area contributed by atoms with Crippen LogP contribution in [-0.4, -0.2) is 11.5 Å². The van der Waals surface area contributed by atoms with Crippen LogP contribution < -0.4 is 5.73 Å². The summed E-state index contributed by atoms with van der Waals surface area (Å²) in [5.41, 5.74) is 8.72. The van der Waals surface area contributed by atoms with Gasteiger partial charge < -0.3 is 10.7 Å². The molecule has 0 aliphatic heterocycles. The Morgan fingerprint density at radius 3 is 3.00 bits per heavy atom. The fourth-order valence-corrected chi connectivity index (χ4v) is 1.39. The zero-order valence-corrected chi connectivity index (χ0v) is 7.38. The van der Waals surface area contributed by atoms with E-state index in [2.05, 4.69) is 23.7 Å². The summed E-state index contributed by atoms with van der Waals surface area (Å²) in [6.45, 7) is 4.40. The van der Waals surface area contributed by atoms with Gasteiger partial charge in [-0.1, -0.05) is 18.7 Å². The van der Waals surface area contributed by atoms with Crippen molar-refractivity contribution in [3.05, 3.63) is 42.6 Å². The SMILES string of the molecule is C=C(CN)c1ccc2cc[nH]c2c1. The van der Waals surface area contributed by atoms with Gasteiger partial charge in [0.25, 0.3) is 0 Å². The molecule has 2 nitrogen and oxygen atoms in total. The van der Waals surface area contributed by atoms with Gasteiger partial charge >= 0.3 is 0 Å². The predicted molar refractivity (Wildman–Crippen MR) is 56.4 cm³/mol. The lowest BCUT2D eigenvalue weighted by atomic mass is 10.1. The minimum Gasteiger partial charge on any atom is -0.361 e. The number of nitrogens with one attached hydrogen (secondary N) is 1. The molecule has 1 aromatic heterocycles. The number of aromatic amines is 1. The van der Waals surface area contributed by atoms with Crippen LogP contribution >= 0.6 is 0 Å². The molecule has 0 saturated carbocycles. The largest absolute Gasteiger partial charge is 0.361 e. The molecule has 0 aliphatic carbocycles. The van der Waals surface area contributed by atoms with Crippen molar-refractivity contribution >= 4 is 16.5 Å². The molecule has 1 aromatic carbocycles. The lowest BCUT2D eigenvalue weighted by Gasteiger charge is -2.01. The molecule has 2 heteroatoms. The first-order valence-electron chi connectivity index (χ1n) is 4.26. The number of hydrogen-bond donors (Lipinski definition) is 2. The van der Waals surface area contributed by atoms with Gasteiger partial charge in [0.1, 0.15) is 0 Å². The average molecular weight is 172 g/mol. The molecule has 2 aromatic rings. The second kappa shape index (κ2) is 3.07. The van der Waals surface area contributed by atoms with E-state index in [0.29, 0.717) is 6.54 Å². The van der Waals surface area contributed by atoms with Crippen LogP contribution in [0, 0.1) is 0 Å². The second-order valence-electron chi connectivity index (χ2n) is 3.09. The van der Waals surface area contributed by atoms with Gasteiger partial charge in [0.05, 0.1) is 0 Å². The van der Waals surface area contributed by atoms with E-state index in [9.17, 15) is 0 Å². The molecule has 0 atom stereocenters. The summed E-state index contributed by atoms with van der Waals surface area (Å²) < 4.78 is 0. The second-order valence-corrected chi connectivity index (χ2v) is 3.09. The van der Waals surface area contributed by atoms with E-state index in [1.807, 2.05) is 18.3 Å². The third-order valence-corrected chi connectivity index (χ3v) is 2.21. The van der Waals surface area contributed by atoms with Crippen LogP contribution in [0.4, 0.5) is 0 Å². The highest BCUT2D eigenvalue weighted by Crippen LogP contribution is 2.18. The minimum atomic E-state index is 0.506. The van der Waals surface area contributed by atoms with Gasteiger partial charge in [0.2, 0.25) is 0 Å². The van der Waals surface area contributed by atoms with Gasteiger partial charge in [-0.25, -0.2) is 0 Å². The van der Waals surface area contributed by atoms with E-state index >= 15 is 0 Å². The maximum atomic E-state index is 5.51. The average Bonchev–Trinajstić information content (AvgIpc) is 2.63. The van der Waals surface area contributed by atoms with Crippen molar-refractivity contribution in [3.8, 4) is 0 Å². The van der Waals surface area contributed by atoms with Crippen LogP contribution in [0.3, 0.4) is 0 Å². The monoisotopic (exact) mass is 172 g/mol. The molecule has 13 heavy (non-hydrogen) atoms. The number of nitrogens with two attached hydrogens (primary N) is 1. The molecule has 0 unspecified atom stereocenters. The molecule has 0 aliphatic rings. The first kappa shape index (κ1) is 8.08. The molecule has 0 bridgehead atoms. The van der Waals surface area contributed by atoms with E-state index in [-0.39, 0.29) is 0 Å². The molecule has 0 amide bonds. The number of benzene rings is 1. The van der Waals surface area contributed by atoms with Gasteiger partial charge in [0, 0.05) is 18.3 Å². The van der Waals surface area contributed by atoms with Crippen LogP contribution in [0.15, 0.2) is 37.0 Å². The van der Waals surface area contributed by atoms with E-state index < -0.39 is 0 Å². The molecule has 0 radical (unpaired) electrons. The standard InChI is InChI=1S/C11H12N2/c1-8(7-12)10-3-2-9-4-5-13-11(9)6-10/h2-6,13H,1,7,12H2. The van der Waals surface area contributed by atoms with Crippen molar-refractivity contribution in [1.82, 2.24) is 4.98 Å². The number of fused-ring (bicyclic) bond motifs is 1. The normalized spacial score (nSPS) is 10.5. The molecule has 3 N–H and O–H groups in total. The number of aromatic nitrogens is 1. The summed E-state index contributed by atoms with van der Waals surface area (Å²) in [5.74, 6) is 0. The lowest BCUT2D eigenvalue weighted by Crippen LogP contribution is -2.00. The Balaban J connectivity index is 2.54. The van der Waals surface area contributed by atoms with E-state index in [4.69, 9.17) is 5.73 Å². The van der Waals surface area contributed by atoms with Gasteiger partial charge in [-0.2, -0.15) is 0 Å². The first-order valence-corrected chi connectivity index (χ1v) is 4.26. The number of H-pyrrole nitrogens is 1. The van der Waals surface area contributed by atoms with Crippen molar-refractivity contribution in [2.75, 3.05) is 6.54 Å². The van der Waals surface area contributed by atoms with Gasteiger partial charge in [-0.15, -0.1) is 0 Å². The van der Waals surface area contributed by atoms with Gasteiger partial charge in [-0.05, 0) is 28.7 Å². The molecular formula is C11H12N2. The van der Waals surface area contributed by atoms with Crippen LogP contribution in [-0.2, 0) is 0 Å². The molecule has 0 fully saturated rings. The summed E-state index contributed by atoms with van der Waals surface area (Å²) in [4.78, 5) is 3.16. The Labute approximate surface area is 77.1 Å². The highest BCUT2D eigenvalue weighted by molar-refractivity contribution is 5.83. The zero-order valence-electron chi connectivity index (χ0n) is 7.38. The molecule has 2 rings (SSSR count). The van der Waals surface area contributed by atoms with Crippen LogP contribution in [0.5, 0.6) is 0 Å². The van der Waals surface area contributed by atoms with Crippen LogP contribution in [0.1, 0.15) is 5.56 Å². The molecule has 66 valence electrons. The maximum absolute atomic E-state index is 5.51. The molecule has 1 heterocycles. The maximum Gasteiger partial charge on any atom is 0.0460 e. The lowest BCUT2D eigenvalue weighted by molar-refractivity contribution is 1.27. The fourth-order valence-electron chi connectivity index (χ4n) is 1.39. The zero-order chi connectivity index (χ0) is 9.26. The Morgan fingerprint density at radius 2 is 2.23 bits per heavy atom. The highest BCUT2D eigenvalue weighted by Gasteiger charge is 1.98. The van der Waals surface area contributed by atoms with Gasteiger partial charge in [-0.3, -0.25) is 0 Å². The van der Waals surface area contributed by atoms with Crippen molar-refractivity contribution < 1.29 is 0 Å². The fraction of sp³-hybridized carbons (Fsp3) is 0.0909. The smallest absolute Gasteiger partial charge is 0.0460 e. The van der Waals surface area contributed by atoms with Crippen LogP contribution in [0.25, 0.3) is 16.5 Å². The molecular weight excluding hydrogens is 160 g/mol. The predicted octanol–water partition coefficient (Wildman–Crippen LogP) is 2.14. The summed E-state index contributed by atoms with van der Waals surface area (Å²) >= 11 is 0. The van der Waals surface area contributed by atoms with E-state index in [1.54, 1.807) is 0 Å². The number of hydrogen-bond acceptors (Lipinski definition) is 1. The van der Waals surface area contributed by atoms with E-state index in [1.165, 1.54) is 5.39 Å². The molecule has 0 spiro atoms. The van der Waals surface area contributed by atoms with Crippen molar-refractivity contribution in [2.45, 2.75) is 0 Å². The summed E-state index contributed by atoms with van der Waals surface area (Å²) in [7, 11) is 0. The number of rotatable bonds is 2. The third-order valence-electron chi connectivity index (χ3n) is 2.21. The highest BCUT2D eigenvalue weighted by atomic mass is 14.7. The Morgan fingerprint density at radius 1 is 1.38 bits per heavy atom. The first-order chi connectivity index (χ1) is 6.31. The quantitative estimate of drug-likeness (QED) is 0.716. The molecule has 0 saturated heterocycles. The third kappa shape index (κ3) is 1.36. The Hall–Kier alpha value is -1.54. The summed E-state index contributed by atoms with van der Waals surface area (Å²) in [5, 5.41) is 1.22. The van der Waals surface area contributed by atoms with Crippen molar-refractivity contribution in [1.29, 1.82) is 0 Å². The Kier molecular flexibility index (Phi) is 1.91. The van der Waals surface area contributed by atoms with Crippen molar-refractivity contribution in [2.24, 2.45) is 5.73 Å². The van der Waals surface area contributed by atoms with E-state index in [0.717, 1.165) is 16.7 Å². The van der Waals surface area contributed by atoms with Crippen LogP contribution in [0.2, 0.25) is 0 Å².